The Hall–Kier alpha value is -1.72. The van der Waals surface area contributed by atoms with Gasteiger partial charge < -0.3 is 10.4 Å². The number of nitrogens with one attached hydrogen (secondary N) is 1. The van der Waals surface area contributed by atoms with Crippen LogP contribution in [0.3, 0.4) is 0 Å². The molecule has 0 saturated heterocycles. The monoisotopic (exact) mass is 332 g/mol. The number of aliphatic hydroxyl groups excluding tert-OH is 1. The molecule has 1 aromatic carbocycles. The van der Waals surface area contributed by atoms with Crippen LogP contribution in [0, 0.1) is 12.3 Å². The van der Waals surface area contributed by atoms with Crippen molar-refractivity contribution in [2.45, 2.75) is 33.6 Å². The number of aromatic nitrogens is 1. The van der Waals surface area contributed by atoms with E-state index in [9.17, 15) is 9.90 Å². The van der Waals surface area contributed by atoms with E-state index in [4.69, 9.17) is 0 Å². The normalized spacial score (nSPS) is 11.5. The highest BCUT2D eigenvalue weighted by Crippen LogP contribution is 2.23. The molecule has 1 amide bonds. The van der Waals surface area contributed by atoms with Crippen molar-refractivity contribution in [3.05, 3.63) is 40.2 Å². The molecule has 124 valence electrons. The van der Waals surface area contributed by atoms with Gasteiger partial charge in [0.2, 0.25) is 0 Å². The summed E-state index contributed by atoms with van der Waals surface area (Å²) >= 11 is 1.60. The van der Waals surface area contributed by atoms with E-state index >= 15 is 0 Å². The maximum atomic E-state index is 12.2. The lowest BCUT2D eigenvalue weighted by atomic mass is 9.89. The van der Waals surface area contributed by atoms with E-state index in [2.05, 4.69) is 10.3 Å². The van der Waals surface area contributed by atoms with Crippen LogP contribution in [-0.4, -0.2) is 29.1 Å². The third-order valence-corrected chi connectivity index (χ3v) is 4.56. The SMILES string of the molecule is Cc1nc(-c2cccc(C(=O)NCCCC(C)(C)CO)c2)cs1. The summed E-state index contributed by atoms with van der Waals surface area (Å²) < 4.78 is 0. The van der Waals surface area contributed by atoms with Gasteiger partial charge in [-0.25, -0.2) is 4.98 Å². The van der Waals surface area contributed by atoms with E-state index in [0.717, 1.165) is 29.1 Å². The molecule has 1 aromatic heterocycles. The summed E-state index contributed by atoms with van der Waals surface area (Å²) in [4.78, 5) is 16.7. The fourth-order valence-corrected chi connectivity index (χ4v) is 2.89. The minimum absolute atomic E-state index is 0.0689. The summed E-state index contributed by atoms with van der Waals surface area (Å²) in [6, 6.07) is 7.54. The second kappa shape index (κ2) is 7.70. The highest BCUT2D eigenvalue weighted by Gasteiger charge is 2.16. The maximum Gasteiger partial charge on any atom is 0.251 e. The van der Waals surface area contributed by atoms with E-state index in [1.165, 1.54) is 0 Å². The van der Waals surface area contributed by atoms with Crippen molar-refractivity contribution < 1.29 is 9.90 Å². The first kappa shape index (κ1) is 17.6. The zero-order valence-corrected chi connectivity index (χ0v) is 14.7. The Balaban J connectivity index is 1.93. The number of thiazole rings is 1. The molecular weight excluding hydrogens is 308 g/mol. The summed E-state index contributed by atoms with van der Waals surface area (Å²) in [6.45, 7) is 6.79. The molecule has 2 N–H and O–H groups in total. The highest BCUT2D eigenvalue weighted by molar-refractivity contribution is 7.09. The molecule has 0 spiro atoms. The Morgan fingerprint density at radius 3 is 2.83 bits per heavy atom. The standard InChI is InChI=1S/C18H24N2O2S/c1-13-20-16(11-23-13)14-6-4-7-15(10-14)17(22)19-9-5-8-18(2,3)12-21/h4,6-7,10-11,21H,5,8-9,12H2,1-3H3,(H,19,22). The predicted octanol–water partition coefficient (Wildman–Crippen LogP) is 3.65. The van der Waals surface area contributed by atoms with Crippen LogP contribution in [0.25, 0.3) is 11.3 Å². The zero-order valence-electron chi connectivity index (χ0n) is 13.9. The first-order chi connectivity index (χ1) is 10.9. The number of benzene rings is 1. The summed E-state index contributed by atoms with van der Waals surface area (Å²) in [6.07, 6.45) is 1.73. The van der Waals surface area contributed by atoms with Crippen LogP contribution < -0.4 is 5.32 Å². The number of hydrogen-bond acceptors (Lipinski definition) is 4. The topological polar surface area (TPSA) is 62.2 Å². The van der Waals surface area contributed by atoms with Gasteiger partial charge in [-0.05, 0) is 37.3 Å². The quantitative estimate of drug-likeness (QED) is 0.761. The molecule has 0 fully saturated rings. The van der Waals surface area contributed by atoms with Crippen molar-refractivity contribution in [3.63, 3.8) is 0 Å². The van der Waals surface area contributed by atoms with Gasteiger partial charge >= 0.3 is 0 Å². The van der Waals surface area contributed by atoms with Crippen molar-refractivity contribution in [3.8, 4) is 11.3 Å². The van der Waals surface area contributed by atoms with E-state index in [0.29, 0.717) is 12.1 Å². The third-order valence-electron chi connectivity index (χ3n) is 3.78. The van der Waals surface area contributed by atoms with E-state index < -0.39 is 0 Å². The number of carbonyl (C=O) groups is 1. The van der Waals surface area contributed by atoms with Crippen LogP contribution in [0.2, 0.25) is 0 Å². The van der Waals surface area contributed by atoms with Crippen LogP contribution in [0.4, 0.5) is 0 Å². The van der Waals surface area contributed by atoms with Crippen LogP contribution >= 0.6 is 11.3 Å². The second-order valence-electron chi connectivity index (χ2n) is 6.51. The Morgan fingerprint density at radius 2 is 2.17 bits per heavy atom. The van der Waals surface area contributed by atoms with Crippen LogP contribution in [-0.2, 0) is 0 Å². The average molecular weight is 332 g/mol. The number of amides is 1. The molecule has 0 saturated carbocycles. The first-order valence-electron chi connectivity index (χ1n) is 7.83. The molecule has 0 radical (unpaired) electrons. The average Bonchev–Trinajstić information content (AvgIpc) is 2.98. The van der Waals surface area contributed by atoms with Crippen LogP contribution in [0.15, 0.2) is 29.6 Å². The van der Waals surface area contributed by atoms with Crippen molar-refractivity contribution in [2.24, 2.45) is 5.41 Å². The molecule has 0 atom stereocenters. The molecule has 0 aliphatic carbocycles. The van der Waals surface area contributed by atoms with Crippen molar-refractivity contribution in [2.75, 3.05) is 13.2 Å². The minimum Gasteiger partial charge on any atom is -0.396 e. The van der Waals surface area contributed by atoms with Crippen molar-refractivity contribution in [1.29, 1.82) is 0 Å². The predicted molar refractivity (Wildman–Crippen MR) is 94.7 cm³/mol. The molecule has 0 unspecified atom stereocenters. The third kappa shape index (κ3) is 5.15. The van der Waals surface area contributed by atoms with Gasteiger partial charge in [-0.1, -0.05) is 26.0 Å². The smallest absolute Gasteiger partial charge is 0.251 e. The van der Waals surface area contributed by atoms with E-state index in [-0.39, 0.29) is 17.9 Å². The lowest BCUT2D eigenvalue weighted by molar-refractivity contribution is 0.0948. The summed E-state index contributed by atoms with van der Waals surface area (Å²) in [5.74, 6) is -0.0689. The second-order valence-corrected chi connectivity index (χ2v) is 7.58. The van der Waals surface area contributed by atoms with Crippen LogP contribution in [0.5, 0.6) is 0 Å². The molecule has 0 bridgehead atoms. The van der Waals surface area contributed by atoms with Crippen LogP contribution in [0.1, 0.15) is 42.1 Å². The number of aliphatic hydroxyl groups is 1. The zero-order chi connectivity index (χ0) is 16.9. The fourth-order valence-electron chi connectivity index (χ4n) is 2.27. The van der Waals surface area contributed by atoms with Gasteiger partial charge in [-0.15, -0.1) is 11.3 Å². The Labute approximate surface area is 141 Å². The Bertz CT molecular complexity index is 665. The Morgan fingerprint density at radius 1 is 1.39 bits per heavy atom. The van der Waals surface area contributed by atoms with E-state index in [1.54, 1.807) is 11.3 Å². The summed E-state index contributed by atoms with van der Waals surface area (Å²) in [5.41, 5.74) is 2.43. The maximum absolute atomic E-state index is 12.2. The minimum atomic E-state index is -0.0902. The van der Waals surface area contributed by atoms with Gasteiger partial charge in [0, 0.05) is 29.7 Å². The van der Waals surface area contributed by atoms with Crippen molar-refractivity contribution >= 4 is 17.2 Å². The van der Waals surface area contributed by atoms with Gasteiger partial charge in [0.1, 0.15) is 0 Å². The lowest BCUT2D eigenvalue weighted by Crippen LogP contribution is -2.26. The van der Waals surface area contributed by atoms with Gasteiger partial charge in [-0.2, -0.15) is 0 Å². The lowest BCUT2D eigenvalue weighted by Gasteiger charge is -2.21. The molecule has 4 nitrogen and oxygen atoms in total. The van der Waals surface area contributed by atoms with Gasteiger partial charge in [0.05, 0.1) is 10.7 Å². The molecule has 5 heteroatoms. The fraction of sp³-hybridized carbons (Fsp3) is 0.444. The van der Waals surface area contributed by atoms with Crippen molar-refractivity contribution in [1.82, 2.24) is 10.3 Å². The number of hydrogen-bond donors (Lipinski definition) is 2. The van der Waals surface area contributed by atoms with Gasteiger partial charge in [0.25, 0.3) is 5.91 Å². The molecule has 0 aliphatic heterocycles. The van der Waals surface area contributed by atoms with Gasteiger partial charge in [0.15, 0.2) is 0 Å². The molecule has 23 heavy (non-hydrogen) atoms. The summed E-state index contributed by atoms with van der Waals surface area (Å²) in [7, 11) is 0. The molecule has 2 rings (SSSR count). The summed E-state index contributed by atoms with van der Waals surface area (Å²) in [5, 5.41) is 15.2. The first-order valence-corrected chi connectivity index (χ1v) is 8.71. The molecule has 1 heterocycles. The number of rotatable bonds is 7. The number of nitrogens with zero attached hydrogens (tertiary/aromatic N) is 1. The molecule has 0 aliphatic rings. The van der Waals surface area contributed by atoms with Gasteiger partial charge in [-0.3, -0.25) is 4.79 Å². The number of aryl methyl sites for hydroxylation is 1. The molecular formula is C18H24N2O2S. The largest absolute Gasteiger partial charge is 0.396 e. The van der Waals surface area contributed by atoms with E-state index in [1.807, 2.05) is 50.4 Å². The molecule has 2 aromatic rings. The highest BCUT2D eigenvalue weighted by atomic mass is 32.1. The number of carbonyl (C=O) groups excluding carboxylic acids is 1. The Kier molecular flexibility index (Phi) is 5.91.